The van der Waals surface area contributed by atoms with Crippen LogP contribution in [0.3, 0.4) is 0 Å². The van der Waals surface area contributed by atoms with Crippen molar-refractivity contribution < 1.29 is 9.53 Å². The van der Waals surface area contributed by atoms with Gasteiger partial charge in [-0.3, -0.25) is 9.89 Å². The van der Waals surface area contributed by atoms with Crippen LogP contribution < -0.4 is 0 Å². The molecule has 1 amide bonds. The highest BCUT2D eigenvalue weighted by molar-refractivity contribution is 5.99. The molecule has 136 valence electrons. The van der Waals surface area contributed by atoms with Crippen LogP contribution in [0.1, 0.15) is 39.8 Å². The summed E-state index contributed by atoms with van der Waals surface area (Å²) in [5, 5.41) is 7.95. The molecule has 2 aromatic heterocycles. The second-order valence-corrected chi connectivity index (χ2v) is 7.00. The monoisotopic (exact) mass is 353 g/mol. The molecule has 0 bridgehead atoms. The predicted octanol–water partition coefficient (Wildman–Crippen LogP) is 2.55. The third-order valence-electron chi connectivity index (χ3n) is 5.35. The molecule has 3 aromatic rings. The van der Waals surface area contributed by atoms with Gasteiger partial charge in [-0.05, 0) is 44.0 Å². The quantitative estimate of drug-likeness (QED) is 0.755. The second-order valence-electron chi connectivity index (χ2n) is 7.00. The number of aryl methyl sites for hydroxylation is 2. The Morgan fingerprint density at radius 2 is 2.23 bits per heavy atom. The van der Waals surface area contributed by atoms with Crippen molar-refractivity contribution in [1.82, 2.24) is 25.1 Å². The number of hydrogen-bond acceptors (Lipinski definition) is 4. The molecule has 1 fully saturated rings. The highest BCUT2D eigenvalue weighted by atomic mass is 16.5. The first kappa shape index (κ1) is 16.8. The number of aromatic amines is 2. The van der Waals surface area contributed by atoms with Crippen molar-refractivity contribution in [3.63, 3.8) is 0 Å². The third-order valence-corrected chi connectivity index (χ3v) is 5.35. The fraction of sp³-hybridized carbons (Fsp3) is 0.421. The van der Waals surface area contributed by atoms with Gasteiger partial charge in [-0.15, -0.1) is 0 Å². The van der Waals surface area contributed by atoms with Gasteiger partial charge in [-0.2, -0.15) is 5.10 Å². The van der Waals surface area contributed by atoms with Gasteiger partial charge in [0, 0.05) is 48.3 Å². The number of carbonyl (C=O) groups is 1. The summed E-state index contributed by atoms with van der Waals surface area (Å²) in [6, 6.07) is 5.82. The number of H-pyrrole nitrogens is 2. The van der Waals surface area contributed by atoms with Gasteiger partial charge in [0.15, 0.2) is 0 Å². The lowest BCUT2D eigenvalue weighted by Crippen LogP contribution is -2.36. The fourth-order valence-electron chi connectivity index (χ4n) is 3.70. The maximum absolute atomic E-state index is 12.9. The number of carbonyl (C=O) groups excluding carboxylic acids is 1. The molecule has 4 rings (SSSR count). The number of rotatable bonds is 4. The molecule has 3 heterocycles. The van der Waals surface area contributed by atoms with Gasteiger partial charge in [0.05, 0.1) is 6.10 Å². The van der Waals surface area contributed by atoms with Crippen molar-refractivity contribution in [2.75, 3.05) is 20.2 Å². The van der Waals surface area contributed by atoms with Crippen LogP contribution in [0, 0.1) is 13.8 Å². The van der Waals surface area contributed by atoms with Crippen LogP contribution >= 0.6 is 0 Å². The van der Waals surface area contributed by atoms with Crippen molar-refractivity contribution in [2.45, 2.75) is 32.3 Å². The molecule has 2 atom stereocenters. The van der Waals surface area contributed by atoms with Crippen molar-refractivity contribution in [3.05, 3.63) is 47.2 Å². The van der Waals surface area contributed by atoms with E-state index in [1.54, 1.807) is 4.90 Å². The highest BCUT2D eigenvalue weighted by Gasteiger charge is 2.33. The molecule has 0 unspecified atom stereocenters. The van der Waals surface area contributed by atoms with Gasteiger partial charge in [-0.1, -0.05) is 0 Å². The standard InChI is InChI=1S/C19H23N5O2/c1-11-12(2)22-16-5-4-13(8-15(11)16)19(25)24(3)9-17-14(6-7-26-17)18-20-10-21-23-18/h4-5,8,10,14,17,22H,6-7,9H2,1-3H3,(H,20,21,23)/t14-,17-/m1/s1. The van der Waals surface area contributed by atoms with E-state index in [0.717, 1.165) is 28.8 Å². The number of nitrogens with zero attached hydrogens (tertiary/aromatic N) is 3. The Bertz CT molecular complexity index is 931. The Hall–Kier alpha value is -2.67. The number of amides is 1. The molecule has 0 aliphatic carbocycles. The number of aromatic nitrogens is 4. The summed E-state index contributed by atoms with van der Waals surface area (Å²) in [5.41, 5.74) is 4.06. The van der Waals surface area contributed by atoms with E-state index >= 15 is 0 Å². The molecule has 0 saturated carbocycles. The zero-order valence-electron chi connectivity index (χ0n) is 15.2. The van der Waals surface area contributed by atoms with Crippen molar-refractivity contribution in [1.29, 1.82) is 0 Å². The number of benzene rings is 1. The zero-order valence-corrected chi connectivity index (χ0v) is 15.2. The van der Waals surface area contributed by atoms with Crippen molar-refractivity contribution in [3.8, 4) is 0 Å². The number of ether oxygens (including phenoxy) is 1. The van der Waals surface area contributed by atoms with Gasteiger partial charge < -0.3 is 14.6 Å². The summed E-state index contributed by atoms with van der Waals surface area (Å²) in [7, 11) is 1.82. The molecule has 1 aromatic carbocycles. The van der Waals surface area contributed by atoms with E-state index in [9.17, 15) is 4.79 Å². The number of hydrogen-bond donors (Lipinski definition) is 2. The average Bonchev–Trinajstić information content (AvgIpc) is 3.36. The van der Waals surface area contributed by atoms with Gasteiger partial charge in [0.25, 0.3) is 5.91 Å². The van der Waals surface area contributed by atoms with Crippen LogP contribution in [-0.2, 0) is 4.74 Å². The van der Waals surface area contributed by atoms with Crippen LogP contribution in [0.15, 0.2) is 24.5 Å². The molecule has 7 nitrogen and oxygen atoms in total. The van der Waals surface area contributed by atoms with E-state index in [1.807, 2.05) is 32.2 Å². The van der Waals surface area contributed by atoms with E-state index < -0.39 is 0 Å². The van der Waals surface area contributed by atoms with Crippen molar-refractivity contribution in [2.24, 2.45) is 0 Å². The largest absolute Gasteiger partial charge is 0.376 e. The van der Waals surface area contributed by atoms with Gasteiger partial charge in [-0.25, -0.2) is 4.98 Å². The lowest BCUT2D eigenvalue weighted by Gasteiger charge is -2.24. The number of nitrogens with one attached hydrogen (secondary N) is 2. The normalized spacial score (nSPS) is 20.0. The summed E-state index contributed by atoms with van der Waals surface area (Å²) >= 11 is 0. The number of fused-ring (bicyclic) bond motifs is 1. The van der Waals surface area contributed by atoms with Crippen molar-refractivity contribution >= 4 is 16.8 Å². The summed E-state index contributed by atoms with van der Waals surface area (Å²) < 4.78 is 5.85. The Kier molecular flexibility index (Phi) is 4.24. The van der Waals surface area contributed by atoms with E-state index in [1.165, 1.54) is 11.9 Å². The highest BCUT2D eigenvalue weighted by Crippen LogP contribution is 2.29. The molecule has 0 spiro atoms. The maximum atomic E-state index is 12.9. The Morgan fingerprint density at radius 3 is 3.00 bits per heavy atom. The fourth-order valence-corrected chi connectivity index (χ4v) is 3.70. The van der Waals surface area contributed by atoms with E-state index in [4.69, 9.17) is 4.74 Å². The minimum Gasteiger partial charge on any atom is -0.376 e. The lowest BCUT2D eigenvalue weighted by molar-refractivity contribution is 0.0550. The van der Waals surface area contributed by atoms with E-state index in [-0.39, 0.29) is 17.9 Å². The third kappa shape index (κ3) is 2.88. The first-order valence-corrected chi connectivity index (χ1v) is 8.86. The van der Waals surface area contributed by atoms with Crippen LogP contribution in [0.5, 0.6) is 0 Å². The predicted molar refractivity (Wildman–Crippen MR) is 98.2 cm³/mol. The summed E-state index contributed by atoms with van der Waals surface area (Å²) in [6.07, 6.45) is 2.32. The molecular formula is C19H23N5O2. The zero-order chi connectivity index (χ0) is 18.3. The lowest BCUT2D eigenvalue weighted by atomic mass is 10.00. The topological polar surface area (TPSA) is 86.9 Å². The molecule has 1 aliphatic heterocycles. The summed E-state index contributed by atoms with van der Waals surface area (Å²) in [6.45, 7) is 5.31. The van der Waals surface area contributed by atoms with Crippen LogP contribution in [0.2, 0.25) is 0 Å². The molecule has 1 saturated heterocycles. The first-order valence-electron chi connectivity index (χ1n) is 8.86. The SMILES string of the molecule is Cc1[nH]c2ccc(C(=O)N(C)C[C@H]3OCC[C@H]3c3ncn[nH]3)cc2c1C. The minimum atomic E-state index is -0.0723. The van der Waals surface area contributed by atoms with Gasteiger partial charge in [0.1, 0.15) is 12.2 Å². The second kappa shape index (κ2) is 6.57. The van der Waals surface area contributed by atoms with E-state index in [0.29, 0.717) is 18.7 Å². The minimum absolute atomic E-state index is 0.00280. The first-order chi connectivity index (χ1) is 12.5. The molecule has 26 heavy (non-hydrogen) atoms. The smallest absolute Gasteiger partial charge is 0.253 e. The number of likely N-dealkylation sites (N-methyl/N-ethyl adjacent to an activating group) is 1. The Morgan fingerprint density at radius 1 is 1.38 bits per heavy atom. The molecule has 1 aliphatic rings. The van der Waals surface area contributed by atoms with Crippen LogP contribution in [0.25, 0.3) is 10.9 Å². The van der Waals surface area contributed by atoms with E-state index in [2.05, 4.69) is 27.1 Å². The summed E-state index contributed by atoms with van der Waals surface area (Å²) in [4.78, 5) is 22.2. The van der Waals surface area contributed by atoms with Gasteiger partial charge in [0.2, 0.25) is 0 Å². The Balaban J connectivity index is 1.52. The van der Waals surface area contributed by atoms with Crippen LogP contribution in [-0.4, -0.2) is 57.3 Å². The molecule has 0 radical (unpaired) electrons. The average molecular weight is 353 g/mol. The molecular weight excluding hydrogens is 330 g/mol. The molecule has 7 heteroatoms. The Labute approximate surface area is 151 Å². The maximum Gasteiger partial charge on any atom is 0.253 e. The van der Waals surface area contributed by atoms with Gasteiger partial charge >= 0.3 is 0 Å². The van der Waals surface area contributed by atoms with Crippen LogP contribution in [0.4, 0.5) is 0 Å². The summed E-state index contributed by atoms with van der Waals surface area (Å²) in [5.74, 6) is 0.968. The molecule has 2 N–H and O–H groups in total.